The van der Waals surface area contributed by atoms with Crippen molar-refractivity contribution in [3.63, 3.8) is 0 Å². The van der Waals surface area contributed by atoms with Gasteiger partial charge in [-0.1, -0.05) is 12.1 Å². The molecular formula is C17H22N4O2S. The highest BCUT2D eigenvalue weighted by atomic mass is 32.2. The van der Waals surface area contributed by atoms with E-state index in [1.165, 1.54) is 5.56 Å². The molecule has 128 valence electrons. The number of aromatic nitrogens is 2. The molecule has 2 saturated heterocycles. The molecule has 2 fully saturated rings. The van der Waals surface area contributed by atoms with Gasteiger partial charge in [0.05, 0.1) is 17.2 Å². The number of hydrogen-bond acceptors (Lipinski definition) is 5. The standard InChI is InChI=1S/C17H22N4O2S/c1-19-8-9-20(17-13-24(22,23)12-16(17)19)11-14-4-2-5-15(10-14)21-7-3-6-18-21/h2-7,10,16-17H,8-9,11-13H2,1H3/t16-,17+/m0/s1. The Morgan fingerprint density at radius 1 is 1.17 bits per heavy atom. The fraction of sp³-hybridized carbons (Fsp3) is 0.471. The molecule has 0 saturated carbocycles. The quantitative estimate of drug-likeness (QED) is 0.822. The third-order valence-corrected chi connectivity index (χ3v) is 6.83. The first kappa shape index (κ1) is 15.8. The van der Waals surface area contributed by atoms with Crippen molar-refractivity contribution in [2.45, 2.75) is 18.6 Å². The molecule has 0 amide bonds. The van der Waals surface area contributed by atoms with Crippen molar-refractivity contribution < 1.29 is 8.42 Å². The lowest BCUT2D eigenvalue weighted by Crippen LogP contribution is -2.57. The Hall–Kier alpha value is -1.70. The van der Waals surface area contributed by atoms with Crippen LogP contribution in [0, 0.1) is 0 Å². The zero-order valence-electron chi connectivity index (χ0n) is 13.7. The predicted octanol–water partition coefficient (Wildman–Crippen LogP) is 0.785. The van der Waals surface area contributed by atoms with Crippen molar-refractivity contribution in [1.82, 2.24) is 19.6 Å². The molecule has 3 heterocycles. The minimum Gasteiger partial charge on any atom is -0.300 e. The molecule has 0 bridgehead atoms. The Morgan fingerprint density at radius 2 is 2.00 bits per heavy atom. The van der Waals surface area contributed by atoms with E-state index in [2.05, 4.69) is 27.0 Å². The molecule has 2 aliphatic rings. The molecule has 2 atom stereocenters. The molecular weight excluding hydrogens is 324 g/mol. The molecule has 1 aromatic heterocycles. The summed E-state index contributed by atoms with van der Waals surface area (Å²) in [5.41, 5.74) is 2.22. The second-order valence-electron chi connectivity index (χ2n) is 6.78. The highest BCUT2D eigenvalue weighted by Gasteiger charge is 2.45. The van der Waals surface area contributed by atoms with Crippen LogP contribution in [-0.2, 0) is 16.4 Å². The second kappa shape index (κ2) is 5.98. The molecule has 6 nitrogen and oxygen atoms in total. The van der Waals surface area contributed by atoms with Crippen molar-refractivity contribution in [1.29, 1.82) is 0 Å². The lowest BCUT2D eigenvalue weighted by molar-refractivity contribution is 0.0573. The van der Waals surface area contributed by atoms with Crippen molar-refractivity contribution in [3.05, 3.63) is 48.3 Å². The van der Waals surface area contributed by atoms with Gasteiger partial charge in [0.15, 0.2) is 9.84 Å². The van der Waals surface area contributed by atoms with Crippen LogP contribution in [0.25, 0.3) is 5.69 Å². The van der Waals surface area contributed by atoms with Gasteiger partial charge in [-0.2, -0.15) is 5.10 Å². The van der Waals surface area contributed by atoms with Gasteiger partial charge >= 0.3 is 0 Å². The summed E-state index contributed by atoms with van der Waals surface area (Å²) in [5.74, 6) is 0.568. The van der Waals surface area contributed by atoms with Crippen LogP contribution in [0.5, 0.6) is 0 Å². The minimum absolute atomic E-state index is 0.0992. The third-order valence-electron chi connectivity index (χ3n) is 5.13. The fourth-order valence-electron chi connectivity index (χ4n) is 3.85. The first-order valence-corrected chi connectivity index (χ1v) is 10.1. The number of nitrogens with zero attached hydrogens (tertiary/aromatic N) is 4. The van der Waals surface area contributed by atoms with Crippen LogP contribution in [0.15, 0.2) is 42.7 Å². The second-order valence-corrected chi connectivity index (χ2v) is 8.94. The number of piperazine rings is 1. The van der Waals surface area contributed by atoms with Gasteiger partial charge in [0.1, 0.15) is 0 Å². The molecule has 24 heavy (non-hydrogen) atoms. The summed E-state index contributed by atoms with van der Waals surface area (Å²) >= 11 is 0. The van der Waals surface area contributed by atoms with Crippen LogP contribution in [0.2, 0.25) is 0 Å². The van der Waals surface area contributed by atoms with Gasteiger partial charge in [-0.3, -0.25) is 9.80 Å². The summed E-state index contributed by atoms with van der Waals surface area (Å²) in [6.07, 6.45) is 3.69. The van der Waals surface area contributed by atoms with Gasteiger partial charge < -0.3 is 0 Å². The number of fused-ring (bicyclic) bond motifs is 1. The van der Waals surface area contributed by atoms with Crippen LogP contribution in [0.1, 0.15) is 5.56 Å². The molecule has 0 radical (unpaired) electrons. The summed E-state index contributed by atoms with van der Waals surface area (Å²) in [6, 6.07) is 10.4. The van der Waals surface area contributed by atoms with E-state index in [1.807, 2.05) is 36.1 Å². The largest absolute Gasteiger partial charge is 0.300 e. The number of likely N-dealkylation sites (N-methyl/N-ethyl adjacent to an activating group) is 1. The van der Waals surface area contributed by atoms with E-state index in [0.717, 1.165) is 25.3 Å². The number of sulfone groups is 1. The maximum atomic E-state index is 12.1. The molecule has 2 aromatic rings. The van der Waals surface area contributed by atoms with Gasteiger partial charge in [0.25, 0.3) is 0 Å². The molecule has 0 spiro atoms. The summed E-state index contributed by atoms with van der Waals surface area (Å²) in [4.78, 5) is 4.53. The Balaban J connectivity index is 1.56. The van der Waals surface area contributed by atoms with Crippen LogP contribution >= 0.6 is 0 Å². The highest BCUT2D eigenvalue weighted by molar-refractivity contribution is 7.91. The third kappa shape index (κ3) is 2.99. The maximum Gasteiger partial charge on any atom is 0.153 e. The number of benzene rings is 1. The Bertz CT molecular complexity index is 819. The van der Waals surface area contributed by atoms with E-state index in [4.69, 9.17) is 0 Å². The van der Waals surface area contributed by atoms with Crippen molar-refractivity contribution in [2.24, 2.45) is 0 Å². The zero-order chi connectivity index (χ0) is 16.7. The Labute approximate surface area is 142 Å². The molecule has 0 N–H and O–H groups in total. The summed E-state index contributed by atoms with van der Waals surface area (Å²) in [6.45, 7) is 2.59. The van der Waals surface area contributed by atoms with Gasteiger partial charge in [0.2, 0.25) is 0 Å². The fourth-order valence-corrected chi connectivity index (χ4v) is 5.93. The molecule has 0 aliphatic carbocycles. The van der Waals surface area contributed by atoms with E-state index in [-0.39, 0.29) is 23.6 Å². The van der Waals surface area contributed by atoms with E-state index >= 15 is 0 Å². The monoisotopic (exact) mass is 346 g/mol. The summed E-state index contributed by atoms with van der Waals surface area (Å²) < 4.78 is 26.0. The average Bonchev–Trinajstić information content (AvgIpc) is 3.18. The van der Waals surface area contributed by atoms with E-state index in [1.54, 1.807) is 6.20 Å². The topological polar surface area (TPSA) is 58.4 Å². The average molecular weight is 346 g/mol. The number of rotatable bonds is 3. The van der Waals surface area contributed by atoms with Gasteiger partial charge in [0, 0.05) is 44.1 Å². The van der Waals surface area contributed by atoms with Crippen molar-refractivity contribution in [3.8, 4) is 5.69 Å². The molecule has 1 aromatic carbocycles. The summed E-state index contributed by atoms with van der Waals surface area (Å²) in [7, 11) is -0.892. The van der Waals surface area contributed by atoms with Crippen LogP contribution in [-0.4, -0.2) is 71.7 Å². The zero-order valence-corrected chi connectivity index (χ0v) is 14.6. The van der Waals surface area contributed by atoms with Gasteiger partial charge in [-0.05, 0) is 30.8 Å². The minimum atomic E-state index is -2.93. The molecule has 7 heteroatoms. The van der Waals surface area contributed by atoms with E-state index in [9.17, 15) is 8.42 Å². The van der Waals surface area contributed by atoms with Gasteiger partial charge in [-0.25, -0.2) is 13.1 Å². The lowest BCUT2D eigenvalue weighted by Gasteiger charge is -2.42. The van der Waals surface area contributed by atoms with Gasteiger partial charge in [-0.15, -0.1) is 0 Å². The van der Waals surface area contributed by atoms with Crippen LogP contribution in [0.3, 0.4) is 0 Å². The smallest absolute Gasteiger partial charge is 0.153 e. The molecule has 2 aliphatic heterocycles. The highest BCUT2D eigenvalue weighted by Crippen LogP contribution is 2.27. The molecule has 0 unspecified atom stereocenters. The molecule has 4 rings (SSSR count). The van der Waals surface area contributed by atoms with Crippen LogP contribution in [0.4, 0.5) is 0 Å². The van der Waals surface area contributed by atoms with E-state index < -0.39 is 9.84 Å². The summed E-state index contributed by atoms with van der Waals surface area (Å²) in [5, 5.41) is 4.27. The Kier molecular flexibility index (Phi) is 3.94. The first-order valence-electron chi connectivity index (χ1n) is 8.25. The van der Waals surface area contributed by atoms with E-state index in [0.29, 0.717) is 0 Å². The maximum absolute atomic E-state index is 12.1. The SMILES string of the molecule is CN1CCN(Cc2cccc(-n3cccn3)c2)[C@@H]2CS(=O)(=O)C[C@@H]21. The normalized spacial score (nSPS) is 27.2. The lowest BCUT2D eigenvalue weighted by atomic mass is 10.0. The van der Waals surface area contributed by atoms with Crippen molar-refractivity contribution >= 4 is 9.84 Å². The van der Waals surface area contributed by atoms with Crippen molar-refractivity contribution in [2.75, 3.05) is 31.6 Å². The number of hydrogen-bond donors (Lipinski definition) is 0. The Morgan fingerprint density at radius 3 is 2.79 bits per heavy atom. The van der Waals surface area contributed by atoms with Crippen LogP contribution < -0.4 is 0 Å². The predicted molar refractivity (Wildman–Crippen MR) is 92.8 cm³/mol. The first-order chi connectivity index (χ1) is 11.5.